The van der Waals surface area contributed by atoms with Crippen LogP contribution in [0.15, 0.2) is 77.7 Å². The summed E-state index contributed by atoms with van der Waals surface area (Å²) in [6.07, 6.45) is 0. The number of ether oxygens (including phenoxy) is 2. The van der Waals surface area contributed by atoms with E-state index in [1.54, 1.807) is 57.3 Å². The molecule has 1 aliphatic rings. The molecule has 2 unspecified atom stereocenters. The molecule has 9 nitrogen and oxygen atoms in total. The van der Waals surface area contributed by atoms with Crippen LogP contribution in [-0.4, -0.2) is 40.2 Å². The Labute approximate surface area is 210 Å². The van der Waals surface area contributed by atoms with Gasteiger partial charge in [-0.2, -0.15) is 0 Å². The Morgan fingerprint density at radius 3 is 2.33 bits per heavy atom. The number of anilines is 1. The maximum absolute atomic E-state index is 13.6. The molecule has 0 radical (unpaired) electrons. The number of fused-ring (bicyclic) bond motifs is 1. The van der Waals surface area contributed by atoms with Crippen LogP contribution < -0.4 is 24.4 Å². The van der Waals surface area contributed by atoms with Crippen LogP contribution in [0.25, 0.3) is 0 Å². The van der Waals surface area contributed by atoms with Gasteiger partial charge in [0.15, 0.2) is 11.5 Å². The molecule has 3 amide bonds. The highest BCUT2D eigenvalue weighted by Gasteiger charge is 2.33. The Morgan fingerprint density at radius 2 is 1.61 bits per heavy atom. The number of urea groups is 1. The lowest BCUT2D eigenvalue weighted by atomic mass is 9.92. The summed E-state index contributed by atoms with van der Waals surface area (Å²) in [6, 6.07) is 18.5. The van der Waals surface area contributed by atoms with Crippen LogP contribution in [0, 0.1) is 6.92 Å². The normalized spacial score (nSPS) is 14.0. The van der Waals surface area contributed by atoms with Gasteiger partial charge >= 0.3 is 6.03 Å². The number of nitrogens with one attached hydrogen (secondary N) is 2. The van der Waals surface area contributed by atoms with Crippen LogP contribution in [0.5, 0.6) is 11.5 Å². The minimum atomic E-state index is -4.15. The summed E-state index contributed by atoms with van der Waals surface area (Å²) in [7, 11) is -2.57. The predicted octanol–water partition coefficient (Wildman–Crippen LogP) is 3.55. The summed E-state index contributed by atoms with van der Waals surface area (Å²) in [5, 5.41) is 2.59. The average molecular weight is 510 g/mol. The number of hydrogen-bond acceptors (Lipinski definition) is 6. The minimum Gasteiger partial charge on any atom is -0.454 e. The quantitative estimate of drug-likeness (QED) is 0.504. The Balaban J connectivity index is 1.59. The van der Waals surface area contributed by atoms with Gasteiger partial charge in [-0.3, -0.25) is 4.79 Å². The number of sulfonamides is 1. The highest BCUT2D eigenvalue weighted by atomic mass is 32.2. The molecule has 1 aliphatic heterocycles. The zero-order valence-corrected chi connectivity index (χ0v) is 20.9. The van der Waals surface area contributed by atoms with Gasteiger partial charge < -0.3 is 19.7 Å². The monoisotopic (exact) mass is 509 g/mol. The molecular weight excluding hydrogens is 482 g/mol. The van der Waals surface area contributed by atoms with Crippen molar-refractivity contribution < 1.29 is 27.5 Å². The van der Waals surface area contributed by atoms with Gasteiger partial charge in [0.25, 0.3) is 10.0 Å². The molecule has 3 aromatic rings. The van der Waals surface area contributed by atoms with E-state index in [4.69, 9.17) is 9.47 Å². The number of hydrogen-bond donors (Lipinski definition) is 2. The van der Waals surface area contributed by atoms with E-state index in [0.717, 1.165) is 5.56 Å². The fraction of sp³-hybridized carbons (Fsp3) is 0.231. The summed E-state index contributed by atoms with van der Waals surface area (Å²) in [6.45, 7) is 3.53. The maximum Gasteiger partial charge on any atom is 0.329 e. The van der Waals surface area contributed by atoms with Gasteiger partial charge in [-0.05, 0) is 36.2 Å². The first kappa shape index (κ1) is 25.1. The van der Waals surface area contributed by atoms with E-state index in [-0.39, 0.29) is 11.7 Å². The highest BCUT2D eigenvalue weighted by Crippen LogP contribution is 2.35. The molecule has 0 aromatic heterocycles. The van der Waals surface area contributed by atoms with Crippen LogP contribution in [0.4, 0.5) is 10.5 Å². The van der Waals surface area contributed by atoms with E-state index < -0.39 is 33.9 Å². The zero-order valence-electron chi connectivity index (χ0n) is 20.1. The van der Waals surface area contributed by atoms with Crippen LogP contribution >= 0.6 is 0 Å². The van der Waals surface area contributed by atoms with Crippen molar-refractivity contribution in [2.75, 3.05) is 18.7 Å². The number of benzene rings is 3. The molecule has 4 rings (SSSR count). The van der Waals surface area contributed by atoms with E-state index in [1.165, 1.54) is 11.0 Å². The molecule has 2 atom stereocenters. The molecule has 0 spiro atoms. The first-order valence-corrected chi connectivity index (χ1v) is 12.8. The third-order valence-electron chi connectivity index (χ3n) is 6.06. The van der Waals surface area contributed by atoms with Crippen LogP contribution in [0.2, 0.25) is 0 Å². The van der Waals surface area contributed by atoms with Crippen molar-refractivity contribution >= 4 is 27.6 Å². The van der Waals surface area contributed by atoms with E-state index in [9.17, 15) is 18.0 Å². The smallest absolute Gasteiger partial charge is 0.329 e. The fourth-order valence-corrected chi connectivity index (χ4v) is 5.15. The number of likely N-dealkylation sites (N-methyl/N-ethyl adjacent to an activating group) is 1. The van der Waals surface area contributed by atoms with Crippen molar-refractivity contribution in [3.05, 3.63) is 83.9 Å². The van der Waals surface area contributed by atoms with Gasteiger partial charge in [0, 0.05) is 24.7 Å². The summed E-state index contributed by atoms with van der Waals surface area (Å²) < 4.78 is 38.4. The van der Waals surface area contributed by atoms with Gasteiger partial charge in [-0.1, -0.05) is 55.5 Å². The first-order valence-electron chi connectivity index (χ1n) is 11.3. The van der Waals surface area contributed by atoms with Gasteiger partial charge in [-0.15, -0.1) is 0 Å². The Kier molecular flexibility index (Phi) is 7.16. The Bertz CT molecular complexity index is 1380. The lowest BCUT2D eigenvalue weighted by Crippen LogP contribution is -2.53. The first-order chi connectivity index (χ1) is 17.2. The topological polar surface area (TPSA) is 114 Å². The van der Waals surface area contributed by atoms with Crippen LogP contribution in [0.3, 0.4) is 0 Å². The maximum atomic E-state index is 13.6. The second-order valence-electron chi connectivity index (χ2n) is 8.46. The van der Waals surface area contributed by atoms with Crippen molar-refractivity contribution in [1.82, 2.24) is 10.0 Å². The van der Waals surface area contributed by atoms with Crippen molar-refractivity contribution in [3.8, 4) is 11.5 Å². The predicted molar refractivity (Wildman–Crippen MR) is 135 cm³/mol. The lowest BCUT2D eigenvalue weighted by molar-refractivity contribution is -0.120. The van der Waals surface area contributed by atoms with Gasteiger partial charge in [0.2, 0.25) is 12.7 Å². The number of carbonyl (C=O) groups excluding carboxylic acids is 2. The molecule has 0 fully saturated rings. The van der Waals surface area contributed by atoms with E-state index in [0.29, 0.717) is 22.7 Å². The lowest BCUT2D eigenvalue weighted by Gasteiger charge is -2.29. The van der Waals surface area contributed by atoms with E-state index in [2.05, 4.69) is 5.32 Å². The molecule has 1 heterocycles. The third kappa shape index (κ3) is 5.28. The molecular formula is C26H27N3O6S. The number of aryl methyl sites for hydroxylation is 1. The third-order valence-corrected chi connectivity index (χ3v) is 7.55. The van der Waals surface area contributed by atoms with E-state index in [1.807, 2.05) is 35.1 Å². The highest BCUT2D eigenvalue weighted by molar-refractivity contribution is 7.90. The summed E-state index contributed by atoms with van der Waals surface area (Å²) in [5.41, 5.74) is 1.83. The number of rotatable bonds is 7. The van der Waals surface area contributed by atoms with Crippen molar-refractivity contribution in [1.29, 1.82) is 0 Å². The molecule has 0 aliphatic carbocycles. The Morgan fingerprint density at radius 1 is 0.944 bits per heavy atom. The minimum absolute atomic E-state index is 0.0170. The van der Waals surface area contributed by atoms with Crippen molar-refractivity contribution in [2.45, 2.75) is 30.7 Å². The second-order valence-corrected chi connectivity index (χ2v) is 10.1. The van der Waals surface area contributed by atoms with E-state index >= 15 is 0 Å². The average Bonchev–Trinajstić information content (AvgIpc) is 3.34. The molecule has 188 valence electrons. The molecule has 0 saturated heterocycles. The summed E-state index contributed by atoms with van der Waals surface area (Å²) in [4.78, 5) is 27.9. The second kappa shape index (κ2) is 10.3. The number of carbonyl (C=O) groups is 2. The molecule has 2 N–H and O–H groups in total. The van der Waals surface area contributed by atoms with Crippen LogP contribution in [0.1, 0.15) is 24.0 Å². The van der Waals surface area contributed by atoms with Gasteiger partial charge in [0.05, 0.1) is 4.90 Å². The molecule has 10 heteroatoms. The standard InChI is InChI=1S/C26H27N3O6S/c1-17-9-7-8-12-23(17)36(32,33)28-26(31)27-24(18(2)19-10-5-4-6-11-19)25(30)29(3)20-13-14-21-22(15-20)35-16-34-21/h4-15,18,24H,16H2,1-3H3,(H2,27,28,31). The summed E-state index contributed by atoms with van der Waals surface area (Å²) in [5.74, 6) is 0.179. The largest absolute Gasteiger partial charge is 0.454 e. The molecule has 3 aromatic carbocycles. The fourth-order valence-electron chi connectivity index (χ4n) is 3.99. The van der Waals surface area contributed by atoms with Crippen LogP contribution in [-0.2, 0) is 14.8 Å². The zero-order chi connectivity index (χ0) is 25.9. The molecule has 0 saturated carbocycles. The SMILES string of the molecule is Cc1ccccc1S(=O)(=O)NC(=O)NC(C(=O)N(C)c1ccc2c(c1)OCO2)C(C)c1ccccc1. The van der Waals surface area contributed by atoms with Crippen molar-refractivity contribution in [2.24, 2.45) is 0 Å². The summed E-state index contributed by atoms with van der Waals surface area (Å²) >= 11 is 0. The number of nitrogens with zero attached hydrogens (tertiary/aromatic N) is 1. The van der Waals surface area contributed by atoms with Crippen molar-refractivity contribution in [3.63, 3.8) is 0 Å². The van der Waals surface area contributed by atoms with Gasteiger partial charge in [-0.25, -0.2) is 17.9 Å². The van der Waals surface area contributed by atoms with Gasteiger partial charge in [0.1, 0.15) is 6.04 Å². The molecule has 0 bridgehead atoms. The number of amides is 3. The Hall–Kier alpha value is -4.05. The molecule has 36 heavy (non-hydrogen) atoms.